The monoisotopic (exact) mass is 622 g/mol. The van der Waals surface area contributed by atoms with Crippen LogP contribution in [-0.4, -0.2) is 52.8 Å². The van der Waals surface area contributed by atoms with Gasteiger partial charge in [0.05, 0.1) is 0 Å². The number of aliphatic hydroxyl groups is 1. The summed E-state index contributed by atoms with van der Waals surface area (Å²) in [6.07, 6.45) is -0.811. The van der Waals surface area contributed by atoms with Crippen molar-refractivity contribution in [2.24, 2.45) is 0 Å². The zero-order valence-electron chi connectivity index (χ0n) is 17.4. The van der Waals surface area contributed by atoms with Crippen LogP contribution in [0.4, 0.5) is 0 Å². The quantitative estimate of drug-likeness (QED) is 0.386. The van der Waals surface area contributed by atoms with Gasteiger partial charge in [-0.3, -0.25) is 0 Å². The third kappa shape index (κ3) is 6.56. The number of ether oxygens (including phenoxy) is 4. The normalized spacial score (nSPS) is 22.7. The van der Waals surface area contributed by atoms with Gasteiger partial charge in [-0.15, -0.1) is 0 Å². The van der Waals surface area contributed by atoms with Crippen molar-refractivity contribution in [1.29, 1.82) is 0 Å². The van der Waals surface area contributed by atoms with Crippen LogP contribution in [0.25, 0.3) is 0 Å². The minimum atomic E-state index is -2.25. The van der Waals surface area contributed by atoms with Crippen molar-refractivity contribution >= 4 is 5.97 Å². The van der Waals surface area contributed by atoms with Gasteiger partial charge in [-0.25, -0.2) is 0 Å². The summed E-state index contributed by atoms with van der Waals surface area (Å²) in [5.74, 6) is -0.364. The molecule has 11 heteroatoms. The molecule has 1 saturated heterocycles. The molecule has 1 aliphatic heterocycles. The Labute approximate surface area is 192 Å². The minimum absolute atomic E-state index is 0.00484. The summed E-state index contributed by atoms with van der Waals surface area (Å²) in [5.41, 5.74) is 0.655. The van der Waals surface area contributed by atoms with Crippen molar-refractivity contribution in [2.45, 2.75) is 42.2 Å². The third-order valence-corrected chi connectivity index (χ3v) is 11.9. The number of hydrogen-bond donors (Lipinski definition) is 1. The molecular weight excluding hydrogens is 597 g/mol. The van der Waals surface area contributed by atoms with Gasteiger partial charge in [0.25, 0.3) is 0 Å². The molecule has 0 bridgehead atoms. The van der Waals surface area contributed by atoms with Gasteiger partial charge in [-0.1, -0.05) is 18.2 Å². The molecule has 1 aromatic carbocycles. The maximum atomic E-state index is 12.3. The van der Waals surface area contributed by atoms with Crippen LogP contribution in [0.1, 0.15) is 12.5 Å². The number of nitrogens with zero attached hydrogens (tertiary/aromatic N) is 2. The van der Waals surface area contributed by atoms with Gasteiger partial charge in [-0.2, -0.15) is 0 Å². The van der Waals surface area contributed by atoms with Crippen molar-refractivity contribution in [3.63, 3.8) is 0 Å². The zero-order chi connectivity index (χ0) is 22.2. The molecule has 31 heavy (non-hydrogen) atoms. The van der Waals surface area contributed by atoms with E-state index in [1.807, 2.05) is 30.3 Å². The van der Waals surface area contributed by atoms with Crippen molar-refractivity contribution < 1.29 is 56.5 Å². The van der Waals surface area contributed by atoms with E-state index in [1.54, 1.807) is 0 Å². The molecule has 1 fully saturated rings. The molecule has 10 nitrogen and oxygen atoms in total. The molecule has 0 aliphatic carbocycles. The van der Waals surface area contributed by atoms with Gasteiger partial charge >= 0.3 is 174 Å². The number of aliphatic hydroxyl groups excluding tert-OH is 1. The zero-order valence-corrected chi connectivity index (χ0v) is 22.9. The number of aromatic nitrogens is 2. The van der Waals surface area contributed by atoms with E-state index in [9.17, 15) is 14.7 Å². The summed E-state index contributed by atoms with van der Waals surface area (Å²) in [5, 5.41) is 10.2. The van der Waals surface area contributed by atoms with E-state index >= 15 is 0 Å². The van der Waals surface area contributed by atoms with Crippen LogP contribution in [0.15, 0.2) is 47.4 Å². The molecule has 0 saturated carbocycles. The first-order chi connectivity index (χ1) is 15.0. The molecule has 1 aliphatic rings. The minimum Gasteiger partial charge on any atom is -0.0622 e. The van der Waals surface area contributed by atoms with Crippen LogP contribution in [0.2, 0.25) is 3.43 Å². The molecular formula is C20H24HgN2O8. The van der Waals surface area contributed by atoms with E-state index in [1.165, 1.54) is 30.9 Å². The number of hydrogen-bond acceptors (Lipinski definition) is 9. The fourth-order valence-electron chi connectivity index (χ4n) is 3.29. The summed E-state index contributed by atoms with van der Waals surface area (Å²) < 4.78 is 28.5. The second kappa shape index (κ2) is 11.7. The van der Waals surface area contributed by atoms with Crippen LogP contribution < -0.4 is 10.3 Å². The second-order valence-corrected chi connectivity index (χ2v) is 13.1. The van der Waals surface area contributed by atoms with Crippen molar-refractivity contribution in [1.82, 2.24) is 9.55 Å². The molecule has 4 atom stereocenters. The first kappa shape index (κ1) is 23.8. The Hall–Kier alpha value is -1.85. The smallest absolute Gasteiger partial charge is 0.0622 e. The molecule has 2 heterocycles. The molecule has 2 unspecified atom stereocenters. The fourth-order valence-corrected chi connectivity index (χ4v) is 8.68. The standard InChI is InChI=1S/C18H21N2O6.C2H4O2.Hg/c1-23-14-9-17(22)26-15(14)11-25-18-19-8-7-16(21)20(18)12-24-10-13-5-3-2-4-6-13;1-2(3)4;/h2-9,14-15,17,22H,10-12H2,1H3;1H3,(H,3,4);/q;;+1/p-1/t14-,15+,17?;;/m0../s1. The second-order valence-electron chi connectivity index (χ2n) is 7.00. The molecule has 164 valence electrons. The van der Waals surface area contributed by atoms with Crippen molar-refractivity contribution in [3.8, 4) is 6.01 Å². The van der Waals surface area contributed by atoms with Gasteiger partial charge in [0.15, 0.2) is 0 Å². The number of carbonyl (C=O) groups excluding carboxylic acids is 1. The molecule has 0 amide bonds. The summed E-state index contributed by atoms with van der Waals surface area (Å²) in [4.78, 5) is 27.5. The van der Waals surface area contributed by atoms with Crippen LogP contribution >= 0.6 is 0 Å². The Morgan fingerprint density at radius 2 is 2.06 bits per heavy atom. The van der Waals surface area contributed by atoms with E-state index in [4.69, 9.17) is 21.6 Å². The SMILES string of the molecule is CO[C@H]1[CH]([Hg][O]C(C)=O)C(O)O[C@@H]1COc1nccc(=O)n1COCc1ccccc1. The Balaban J connectivity index is 1.61. The van der Waals surface area contributed by atoms with E-state index < -0.39 is 43.5 Å². The first-order valence-corrected chi connectivity index (χ1v) is 15.2. The van der Waals surface area contributed by atoms with Gasteiger partial charge in [0, 0.05) is 0 Å². The fraction of sp³-hybridized carbons (Fsp3) is 0.450. The predicted octanol–water partition coefficient (Wildman–Crippen LogP) is 0.878. The third-order valence-electron chi connectivity index (χ3n) is 4.83. The Morgan fingerprint density at radius 1 is 1.29 bits per heavy atom. The van der Waals surface area contributed by atoms with Crippen LogP contribution in [0, 0.1) is 0 Å². The Bertz CT molecular complexity index is 910. The maximum absolute atomic E-state index is 12.3. The van der Waals surface area contributed by atoms with Crippen molar-refractivity contribution in [2.75, 3.05) is 13.7 Å². The summed E-state index contributed by atoms with van der Waals surface area (Å²) in [6.45, 7) is 1.63. The topological polar surface area (TPSA) is 118 Å². The molecule has 1 aromatic heterocycles. The molecule has 2 aromatic rings. The van der Waals surface area contributed by atoms with E-state index in [-0.39, 0.29) is 34.3 Å². The Morgan fingerprint density at radius 3 is 2.77 bits per heavy atom. The molecule has 1 N–H and O–H groups in total. The molecule has 0 spiro atoms. The number of rotatable bonds is 10. The van der Waals surface area contributed by atoms with E-state index in [0.717, 1.165) is 5.56 Å². The van der Waals surface area contributed by atoms with Crippen molar-refractivity contribution in [3.05, 3.63) is 58.5 Å². The number of carbonyl (C=O) groups is 1. The van der Waals surface area contributed by atoms with Gasteiger partial charge in [0.2, 0.25) is 0 Å². The summed E-state index contributed by atoms with van der Waals surface area (Å²) >= 11 is -2.25. The summed E-state index contributed by atoms with van der Waals surface area (Å²) in [6, 6.07) is 11.0. The number of methoxy groups -OCH3 is 1. The van der Waals surface area contributed by atoms with Crippen LogP contribution in [0.3, 0.4) is 0 Å². The van der Waals surface area contributed by atoms with E-state index in [0.29, 0.717) is 6.61 Å². The number of benzene rings is 1. The summed E-state index contributed by atoms with van der Waals surface area (Å²) in [7, 11) is 1.50. The van der Waals surface area contributed by atoms with Crippen LogP contribution in [0.5, 0.6) is 6.01 Å². The predicted molar refractivity (Wildman–Crippen MR) is 102 cm³/mol. The average molecular weight is 621 g/mol. The van der Waals surface area contributed by atoms with Gasteiger partial charge < -0.3 is 0 Å². The first-order valence-electron chi connectivity index (χ1n) is 9.79. The van der Waals surface area contributed by atoms with E-state index in [2.05, 4.69) is 4.98 Å². The van der Waals surface area contributed by atoms with Gasteiger partial charge in [-0.05, 0) is 0 Å². The van der Waals surface area contributed by atoms with Gasteiger partial charge in [0.1, 0.15) is 0 Å². The van der Waals surface area contributed by atoms with Crippen LogP contribution in [-0.2, 0) is 60.0 Å². The molecule has 3 rings (SSSR count). The average Bonchev–Trinajstić information content (AvgIpc) is 3.07. The Kier molecular flexibility index (Phi) is 8.96. The molecule has 0 radical (unpaired) electrons.